The SMILES string of the molecule is CCCC(=O)NC/C=C/CCC(C/C=C/CNC(=O)CCC)CC[Si](OCC)(OCC)OCC. The molecule has 0 aromatic heterocycles. The van der Waals surface area contributed by atoms with Crippen LogP contribution in [0.3, 0.4) is 0 Å². The number of allylic oxidation sites excluding steroid dienone is 2. The monoisotopic (exact) mass is 498 g/mol. The number of nitrogens with one attached hydrogen (secondary N) is 2. The highest BCUT2D eigenvalue weighted by Gasteiger charge is 2.40. The molecular weight excluding hydrogens is 448 g/mol. The lowest BCUT2D eigenvalue weighted by molar-refractivity contribution is -0.121. The highest BCUT2D eigenvalue weighted by molar-refractivity contribution is 6.60. The smallest absolute Gasteiger partial charge is 0.374 e. The molecule has 0 spiro atoms. The Morgan fingerprint density at radius 2 is 1.24 bits per heavy atom. The number of hydrogen-bond donors (Lipinski definition) is 2. The van der Waals surface area contributed by atoms with Gasteiger partial charge in [-0.2, -0.15) is 0 Å². The minimum atomic E-state index is -2.66. The average molecular weight is 499 g/mol. The minimum Gasteiger partial charge on any atom is -0.374 e. The topological polar surface area (TPSA) is 85.9 Å². The van der Waals surface area contributed by atoms with Gasteiger partial charge in [0.25, 0.3) is 0 Å². The summed E-state index contributed by atoms with van der Waals surface area (Å²) in [4.78, 5) is 23.2. The Morgan fingerprint density at radius 1 is 0.735 bits per heavy atom. The van der Waals surface area contributed by atoms with Crippen LogP contribution in [0.1, 0.15) is 86.0 Å². The Labute approximate surface area is 209 Å². The van der Waals surface area contributed by atoms with Gasteiger partial charge in [0, 0.05) is 51.8 Å². The molecule has 0 fully saturated rings. The van der Waals surface area contributed by atoms with E-state index in [4.69, 9.17) is 13.3 Å². The van der Waals surface area contributed by atoms with E-state index in [0.29, 0.717) is 51.7 Å². The van der Waals surface area contributed by atoms with Crippen LogP contribution in [0.4, 0.5) is 0 Å². The van der Waals surface area contributed by atoms with Crippen molar-refractivity contribution in [3.8, 4) is 0 Å². The molecule has 0 aliphatic carbocycles. The highest BCUT2D eigenvalue weighted by atomic mass is 28.4. The first-order chi connectivity index (χ1) is 16.5. The molecule has 0 heterocycles. The van der Waals surface area contributed by atoms with Crippen LogP contribution in [0.15, 0.2) is 24.3 Å². The Bertz CT molecular complexity index is 567. The van der Waals surface area contributed by atoms with Gasteiger partial charge in [-0.3, -0.25) is 9.59 Å². The quantitative estimate of drug-likeness (QED) is 0.159. The van der Waals surface area contributed by atoms with Gasteiger partial charge in [0.15, 0.2) is 0 Å². The largest absolute Gasteiger partial charge is 0.500 e. The Balaban J connectivity index is 4.86. The maximum absolute atomic E-state index is 11.6. The average Bonchev–Trinajstić information content (AvgIpc) is 2.79. The van der Waals surface area contributed by atoms with Crippen LogP contribution < -0.4 is 10.6 Å². The predicted octanol–water partition coefficient (Wildman–Crippen LogP) is 5.16. The summed E-state index contributed by atoms with van der Waals surface area (Å²) in [6.45, 7) is 12.9. The molecule has 0 rings (SSSR count). The fourth-order valence-electron chi connectivity index (χ4n) is 3.64. The van der Waals surface area contributed by atoms with Crippen molar-refractivity contribution >= 4 is 20.6 Å². The summed E-state index contributed by atoms with van der Waals surface area (Å²) >= 11 is 0. The maximum Gasteiger partial charge on any atom is 0.500 e. The van der Waals surface area contributed by atoms with E-state index in [1.54, 1.807) is 0 Å². The second-order valence-electron chi connectivity index (χ2n) is 8.25. The first-order valence-corrected chi connectivity index (χ1v) is 15.1. The molecule has 8 heteroatoms. The van der Waals surface area contributed by atoms with Crippen molar-refractivity contribution in [2.75, 3.05) is 32.9 Å². The molecule has 0 aliphatic heterocycles. The lowest BCUT2D eigenvalue weighted by atomic mass is 9.96. The van der Waals surface area contributed by atoms with Gasteiger partial charge in [-0.25, -0.2) is 0 Å². The van der Waals surface area contributed by atoms with Gasteiger partial charge in [0.05, 0.1) is 0 Å². The van der Waals surface area contributed by atoms with Crippen molar-refractivity contribution in [3.05, 3.63) is 24.3 Å². The van der Waals surface area contributed by atoms with E-state index in [2.05, 4.69) is 22.8 Å². The second-order valence-corrected chi connectivity index (χ2v) is 11.0. The van der Waals surface area contributed by atoms with Crippen molar-refractivity contribution < 1.29 is 22.9 Å². The van der Waals surface area contributed by atoms with Crippen LogP contribution in [-0.2, 0) is 22.9 Å². The molecule has 1 atom stereocenters. The molecule has 2 amide bonds. The Kier molecular flexibility index (Phi) is 21.1. The van der Waals surface area contributed by atoms with Gasteiger partial charge in [0.1, 0.15) is 0 Å². The summed E-state index contributed by atoms with van der Waals surface area (Å²) in [7, 11) is -2.66. The summed E-state index contributed by atoms with van der Waals surface area (Å²) in [5.74, 6) is 0.654. The van der Waals surface area contributed by atoms with E-state index >= 15 is 0 Å². The zero-order valence-corrected chi connectivity index (χ0v) is 23.3. The lowest BCUT2D eigenvalue weighted by Crippen LogP contribution is -2.46. The fourth-order valence-corrected chi connectivity index (χ4v) is 6.41. The van der Waals surface area contributed by atoms with Gasteiger partial charge in [0.2, 0.25) is 11.8 Å². The number of carbonyl (C=O) groups is 2. The van der Waals surface area contributed by atoms with E-state index in [9.17, 15) is 9.59 Å². The number of amides is 2. The van der Waals surface area contributed by atoms with Crippen LogP contribution in [0.25, 0.3) is 0 Å². The molecule has 0 aliphatic rings. The standard InChI is InChI=1S/C26H50N2O5Si/c1-6-16-25(29)27-21-14-11-12-18-24(19-13-15-22-28-26(30)17-7-2)20-23-34(31-8-3,32-9-4)33-10-5/h11,13-15,24H,6-10,12,16-23H2,1-5H3,(H,27,29)(H,28,30)/b14-11+,15-13+. The van der Waals surface area contributed by atoms with Crippen LogP contribution in [0.5, 0.6) is 0 Å². The molecule has 0 radical (unpaired) electrons. The minimum absolute atomic E-state index is 0.0980. The van der Waals surface area contributed by atoms with Crippen LogP contribution in [-0.4, -0.2) is 53.5 Å². The fraction of sp³-hybridized carbons (Fsp3) is 0.769. The number of rotatable bonds is 22. The molecule has 7 nitrogen and oxygen atoms in total. The van der Waals surface area contributed by atoms with Gasteiger partial charge in [-0.15, -0.1) is 0 Å². The van der Waals surface area contributed by atoms with E-state index in [-0.39, 0.29) is 11.8 Å². The Morgan fingerprint density at radius 3 is 1.71 bits per heavy atom. The van der Waals surface area contributed by atoms with Crippen molar-refractivity contribution in [1.29, 1.82) is 0 Å². The third kappa shape index (κ3) is 17.0. The molecule has 0 aromatic rings. The molecule has 0 saturated heterocycles. The summed E-state index contributed by atoms with van der Waals surface area (Å²) in [6, 6.07) is 0.797. The summed E-state index contributed by atoms with van der Waals surface area (Å²) in [5, 5.41) is 5.83. The predicted molar refractivity (Wildman–Crippen MR) is 142 cm³/mol. The highest BCUT2D eigenvalue weighted by Crippen LogP contribution is 2.26. The third-order valence-electron chi connectivity index (χ3n) is 5.28. The van der Waals surface area contributed by atoms with E-state index in [1.807, 2.05) is 46.8 Å². The zero-order valence-electron chi connectivity index (χ0n) is 22.3. The first-order valence-electron chi connectivity index (χ1n) is 13.2. The molecular formula is C26H50N2O5Si. The number of carbonyl (C=O) groups excluding carboxylic acids is 2. The van der Waals surface area contributed by atoms with Crippen molar-refractivity contribution in [1.82, 2.24) is 10.6 Å². The third-order valence-corrected chi connectivity index (χ3v) is 8.37. The summed E-state index contributed by atoms with van der Waals surface area (Å²) in [6.07, 6.45) is 15.1. The maximum atomic E-state index is 11.6. The summed E-state index contributed by atoms with van der Waals surface area (Å²) in [5.41, 5.74) is 0. The normalized spacial score (nSPS) is 13.0. The van der Waals surface area contributed by atoms with Gasteiger partial charge >= 0.3 is 8.80 Å². The first kappa shape index (κ1) is 32.5. The van der Waals surface area contributed by atoms with Crippen molar-refractivity contribution in [2.24, 2.45) is 5.92 Å². The molecule has 0 bridgehead atoms. The van der Waals surface area contributed by atoms with Gasteiger partial charge < -0.3 is 23.9 Å². The lowest BCUT2D eigenvalue weighted by Gasteiger charge is -2.29. The van der Waals surface area contributed by atoms with Crippen molar-refractivity contribution in [3.63, 3.8) is 0 Å². The molecule has 1 unspecified atom stereocenters. The Hall–Kier alpha value is -1.48. The number of hydrogen-bond acceptors (Lipinski definition) is 5. The van der Waals surface area contributed by atoms with E-state index < -0.39 is 8.80 Å². The van der Waals surface area contributed by atoms with Crippen LogP contribution in [0, 0.1) is 5.92 Å². The molecule has 0 aromatic carbocycles. The molecule has 0 saturated carbocycles. The van der Waals surface area contributed by atoms with E-state index in [1.165, 1.54) is 0 Å². The summed E-state index contributed by atoms with van der Waals surface area (Å²) < 4.78 is 18.1. The van der Waals surface area contributed by atoms with Gasteiger partial charge in [-0.05, 0) is 65.2 Å². The van der Waals surface area contributed by atoms with Crippen LogP contribution in [0.2, 0.25) is 6.04 Å². The zero-order chi connectivity index (χ0) is 25.5. The van der Waals surface area contributed by atoms with Gasteiger partial charge in [-0.1, -0.05) is 38.2 Å². The van der Waals surface area contributed by atoms with Crippen LogP contribution >= 0.6 is 0 Å². The second kappa shape index (κ2) is 22.0. The van der Waals surface area contributed by atoms with Crippen molar-refractivity contribution in [2.45, 2.75) is 92.0 Å². The van der Waals surface area contributed by atoms with E-state index in [0.717, 1.165) is 44.6 Å². The molecule has 2 N–H and O–H groups in total. The molecule has 34 heavy (non-hydrogen) atoms. The molecule has 198 valence electrons.